The van der Waals surface area contributed by atoms with E-state index in [1.165, 1.54) is 29.6 Å². The van der Waals surface area contributed by atoms with Gasteiger partial charge in [-0.25, -0.2) is 8.42 Å². The summed E-state index contributed by atoms with van der Waals surface area (Å²) in [7, 11) is -2.25. The Morgan fingerprint density at radius 1 is 1.21 bits per heavy atom. The highest BCUT2D eigenvalue weighted by molar-refractivity contribution is 7.89. The van der Waals surface area contributed by atoms with Gasteiger partial charge in [0.2, 0.25) is 10.0 Å². The fourth-order valence-electron chi connectivity index (χ4n) is 2.39. The molecule has 0 unspecified atom stereocenters. The van der Waals surface area contributed by atoms with Crippen molar-refractivity contribution in [2.75, 3.05) is 20.2 Å². The molecule has 0 aliphatic heterocycles. The third-order valence-corrected chi connectivity index (χ3v) is 5.44. The number of carbonyl (C=O) groups is 2. The Hall–Kier alpha value is -1.73. The molecule has 134 valence electrons. The van der Waals surface area contributed by atoms with Gasteiger partial charge in [-0.1, -0.05) is 13.8 Å². The molecule has 6 nitrogen and oxygen atoms in total. The molecule has 24 heavy (non-hydrogen) atoms. The van der Waals surface area contributed by atoms with Crippen molar-refractivity contribution < 1.29 is 22.7 Å². The molecule has 1 rings (SSSR count). The molecule has 0 atom stereocenters. The van der Waals surface area contributed by atoms with Gasteiger partial charge >= 0.3 is 0 Å². The largest absolute Gasteiger partial charge is 0.496 e. The third-order valence-electron chi connectivity index (χ3n) is 3.54. The lowest BCUT2D eigenvalue weighted by molar-refractivity contribution is -0.107. The molecule has 0 saturated carbocycles. The SMILES string of the molecule is CCCN(CCC)S(=O)(=O)c1ccc(OC)c(C(=O)CCC=O)c1. The molecule has 0 aliphatic carbocycles. The molecule has 0 aromatic heterocycles. The normalized spacial score (nSPS) is 11.5. The van der Waals surface area contributed by atoms with Crippen LogP contribution in [-0.2, 0) is 14.8 Å². The summed E-state index contributed by atoms with van der Waals surface area (Å²) in [4.78, 5) is 22.8. The van der Waals surface area contributed by atoms with E-state index in [0.29, 0.717) is 38.0 Å². The fourth-order valence-corrected chi connectivity index (χ4v) is 4.04. The van der Waals surface area contributed by atoms with Crippen LogP contribution in [0.4, 0.5) is 0 Å². The molecule has 0 bridgehead atoms. The Morgan fingerprint density at radius 3 is 2.33 bits per heavy atom. The van der Waals surface area contributed by atoms with Crippen molar-refractivity contribution in [2.24, 2.45) is 0 Å². The predicted molar refractivity (Wildman–Crippen MR) is 92.0 cm³/mol. The van der Waals surface area contributed by atoms with Gasteiger partial charge in [-0.3, -0.25) is 4.79 Å². The van der Waals surface area contributed by atoms with Crippen LogP contribution in [0.15, 0.2) is 23.1 Å². The van der Waals surface area contributed by atoms with Gasteiger partial charge in [-0.15, -0.1) is 0 Å². The predicted octanol–water partition coefficient (Wildman–Crippen LogP) is 2.67. The van der Waals surface area contributed by atoms with Crippen molar-refractivity contribution in [3.63, 3.8) is 0 Å². The van der Waals surface area contributed by atoms with E-state index >= 15 is 0 Å². The maximum atomic E-state index is 12.8. The Labute approximate surface area is 143 Å². The number of hydrogen-bond donors (Lipinski definition) is 0. The van der Waals surface area contributed by atoms with Crippen molar-refractivity contribution in [1.29, 1.82) is 0 Å². The number of ether oxygens (including phenoxy) is 1. The molecular weight excluding hydrogens is 330 g/mol. The average molecular weight is 355 g/mol. The molecule has 0 aliphatic rings. The van der Waals surface area contributed by atoms with Crippen LogP contribution in [0.1, 0.15) is 49.9 Å². The topological polar surface area (TPSA) is 80.8 Å². The zero-order valence-corrected chi connectivity index (χ0v) is 15.3. The number of rotatable bonds is 11. The molecule has 0 saturated heterocycles. The van der Waals surface area contributed by atoms with Gasteiger partial charge in [0.25, 0.3) is 0 Å². The van der Waals surface area contributed by atoms with Crippen LogP contribution < -0.4 is 4.74 Å². The summed E-state index contributed by atoms with van der Waals surface area (Å²) < 4.78 is 32.2. The van der Waals surface area contributed by atoms with Crippen LogP contribution in [0, 0.1) is 0 Å². The maximum Gasteiger partial charge on any atom is 0.243 e. The van der Waals surface area contributed by atoms with Crippen LogP contribution in [0.5, 0.6) is 5.75 Å². The Balaban J connectivity index is 3.28. The van der Waals surface area contributed by atoms with Gasteiger partial charge in [0.05, 0.1) is 17.6 Å². The highest BCUT2D eigenvalue weighted by Gasteiger charge is 2.25. The molecule has 0 N–H and O–H groups in total. The Bertz CT molecular complexity index is 664. The van der Waals surface area contributed by atoms with Gasteiger partial charge in [0.1, 0.15) is 12.0 Å². The standard InChI is InChI=1S/C17H25NO5S/c1-4-10-18(11-5-2)24(21,22)14-8-9-17(23-3)15(13-14)16(20)7-6-12-19/h8-9,12-13H,4-7,10-11H2,1-3H3. The molecule has 0 spiro atoms. The van der Waals surface area contributed by atoms with Gasteiger partial charge in [0.15, 0.2) is 5.78 Å². The number of nitrogens with zero attached hydrogens (tertiary/aromatic N) is 1. The first-order valence-corrected chi connectivity index (χ1v) is 9.51. The highest BCUT2D eigenvalue weighted by Crippen LogP contribution is 2.26. The Kier molecular flexibility index (Phi) is 8.07. The molecule has 0 heterocycles. The number of aldehydes is 1. The molecule has 7 heteroatoms. The van der Waals surface area contributed by atoms with E-state index in [-0.39, 0.29) is 29.1 Å². The molecule has 0 amide bonds. The first-order valence-electron chi connectivity index (χ1n) is 8.07. The van der Waals surface area contributed by atoms with Crippen molar-refractivity contribution in [2.45, 2.75) is 44.4 Å². The van der Waals surface area contributed by atoms with E-state index in [2.05, 4.69) is 0 Å². The summed E-state index contributed by atoms with van der Waals surface area (Å²) in [5.74, 6) is -0.00378. The summed E-state index contributed by atoms with van der Waals surface area (Å²) in [6, 6.07) is 4.28. The highest BCUT2D eigenvalue weighted by atomic mass is 32.2. The minimum absolute atomic E-state index is 0.0248. The van der Waals surface area contributed by atoms with Crippen LogP contribution in [0.25, 0.3) is 0 Å². The number of Topliss-reactive ketones (excluding diaryl/α,β-unsaturated/α-hetero) is 1. The second kappa shape index (κ2) is 9.54. The first kappa shape index (κ1) is 20.3. The minimum atomic E-state index is -3.67. The first-order chi connectivity index (χ1) is 11.4. The van der Waals surface area contributed by atoms with E-state index < -0.39 is 10.0 Å². The Morgan fingerprint density at radius 2 is 1.83 bits per heavy atom. The average Bonchev–Trinajstić information content (AvgIpc) is 2.58. The van der Waals surface area contributed by atoms with Crippen LogP contribution in [0.3, 0.4) is 0 Å². The zero-order chi connectivity index (χ0) is 18.2. The second-order valence-corrected chi connectivity index (χ2v) is 7.33. The van der Waals surface area contributed by atoms with Gasteiger partial charge in [0, 0.05) is 25.9 Å². The van der Waals surface area contributed by atoms with Crippen molar-refractivity contribution in [3.05, 3.63) is 23.8 Å². The number of carbonyl (C=O) groups excluding carboxylic acids is 2. The van der Waals surface area contributed by atoms with E-state index in [0.717, 1.165) is 0 Å². The summed E-state index contributed by atoms with van der Waals surface area (Å²) in [5.41, 5.74) is 0.188. The number of methoxy groups -OCH3 is 1. The lowest BCUT2D eigenvalue weighted by Gasteiger charge is -2.21. The van der Waals surface area contributed by atoms with E-state index in [9.17, 15) is 18.0 Å². The van der Waals surface area contributed by atoms with Crippen LogP contribution >= 0.6 is 0 Å². The zero-order valence-electron chi connectivity index (χ0n) is 14.4. The quantitative estimate of drug-likeness (QED) is 0.450. The summed E-state index contributed by atoms with van der Waals surface area (Å²) >= 11 is 0. The van der Waals surface area contributed by atoms with Crippen molar-refractivity contribution >= 4 is 22.1 Å². The number of sulfonamides is 1. The lowest BCUT2D eigenvalue weighted by Crippen LogP contribution is -2.32. The smallest absolute Gasteiger partial charge is 0.243 e. The molecule has 0 fully saturated rings. The summed E-state index contributed by atoms with van der Waals surface area (Å²) in [5, 5.41) is 0. The molecule has 1 aromatic carbocycles. The van der Waals surface area contributed by atoms with Crippen LogP contribution in [0.2, 0.25) is 0 Å². The monoisotopic (exact) mass is 355 g/mol. The van der Waals surface area contributed by atoms with E-state index in [1.807, 2.05) is 13.8 Å². The van der Waals surface area contributed by atoms with E-state index in [4.69, 9.17) is 4.74 Å². The fraction of sp³-hybridized carbons (Fsp3) is 0.529. The van der Waals surface area contributed by atoms with E-state index in [1.54, 1.807) is 0 Å². The van der Waals surface area contributed by atoms with Gasteiger partial charge < -0.3 is 9.53 Å². The number of hydrogen-bond acceptors (Lipinski definition) is 5. The maximum absolute atomic E-state index is 12.8. The van der Waals surface area contributed by atoms with Gasteiger partial charge in [-0.05, 0) is 31.0 Å². The van der Waals surface area contributed by atoms with Crippen molar-refractivity contribution in [3.8, 4) is 5.75 Å². The molecular formula is C17H25NO5S. The third kappa shape index (κ3) is 4.88. The minimum Gasteiger partial charge on any atom is -0.496 e. The molecule has 0 radical (unpaired) electrons. The van der Waals surface area contributed by atoms with Gasteiger partial charge in [-0.2, -0.15) is 4.31 Å². The number of benzene rings is 1. The van der Waals surface area contributed by atoms with Crippen molar-refractivity contribution in [1.82, 2.24) is 4.31 Å². The summed E-state index contributed by atoms with van der Waals surface area (Å²) in [6.45, 7) is 4.69. The number of ketones is 1. The molecule has 1 aromatic rings. The second-order valence-electron chi connectivity index (χ2n) is 5.39. The summed E-state index contributed by atoms with van der Waals surface area (Å²) in [6.07, 6.45) is 2.20. The lowest BCUT2D eigenvalue weighted by atomic mass is 10.1. The van der Waals surface area contributed by atoms with Crippen LogP contribution in [-0.4, -0.2) is 45.0 Å².